The first-order valence-corrected chi connectivity index (χ1v) is 11.8. The van der Waals surface area contributed by atoms with Crippen molar-refractivity contribution < 1.29 is 19.5 Å². The van der Waals surface area contributed by atoms with Gasteiger partial charge in [0, 0.05) is 47.6 Å². The number of anilines is 1. The number of amides is 1. The highest BCUT2D eigenvalue weighted by atomic mass is 35.5. The summed E-state index contributed by atoms with van der Waals surface area (Å²) in [5, 5.41) is 38.7. The zero-order chi connectivity index (χ0) is 27.4. The number of rotatable bonds is 5. The molecule has 3 aromatic rings. The standard InChI is InChI=1S/C28H25FN6O3.ClH/c1-28(32)8-10-35(11-9-28)27-21(15-31)26(19-4-5-20(14-30)23(29)12-19)22(16-33-27)18-3-2-17(24(36)13-18)6-7-25(37)34-38;/h2-7,12-13,16,36,38H,8-11,32H2,1H3,(H,34,37);1H/b7-6+;. The summed E-state index contributed by atoms with van der Waals surface area (Å²) < 4.78 is 14.7. The Hall–Kier alpha value is -4.48. The average molecular weight is 549 g/mol. The molecule has 0 atom stereocenters. The monoisotopic (exact) mass is 548 g/mol. The van der Waals surface area contributed by atoms with Gasteiger partial charge in [-0.15, -0.1) is 12.4 Å². The van der Waals surface area contributed by atoms with Crippen LogP contribution >= 0.6 is 12.4 Å². The summed E-state index contributed by atoms with van der Waals surface area (Å²) in [5.41, 5.74) is 9.61. The van der Waals surface area contributed by atoms with E-state index < -0.39 is 11.7 Å². The third-order valence-electron chi connectivity index (χ3n) is 6.62. The Bertz CT molecular complexity index is 1520. The van der Waals surface area contributed by atoms with Crippen LogP contribution in [0.25, 0.3) is 28.3 Å². The van der Waals surface area contributed by atoms with Crippen LogP contribution in [-0.4, -0.2) is 39.8 Å². The molecule has 9 nitrogen and oxygen atoms in total. The number of nitrogens with one attached hydrogen (secondary N) is 1. The van der Waals surface area contributed by atoms with E-state index in [1.807, 2.05) is 11.8 Å². The minimum Gasteiger partial charge on any atom is -0.507 e. The number of phenolic OH excluding ortho intramolecular Hbond substituents is 1. The third kappa shape index (κ3) is 6.16. The first-order chi connectivity index (χ1) is 18.2. The van der Waals surface area contributed by atoms with Gasteiger partial charge in [-0.05, 0) is 55.2 Å². The summed E-state index contributed by atoms with van der Waals surface area (Å²) >= 11 is 0. The molecule has 39 heavy (non-hydrogen) atoms. The molecule has 0 saturated carbocycles. The number of halogens is 2. The molecule has 1 aliphatic rings. The molecule has 1 amide bonds. The zero-order valence-corrected chi connectivity index (χ0v) is 21.8. The van der Waals surface area contributed by atoms with Gasteiger partial charge in [-0.1, -0.05) is 18.2 Å². The molecular formula is C28H26ClFN6O3. The second-order valence-corrected chi connectivity index (χ2v) is 9.39. The SMILES string of the molecule is CC1(N)CCN(c2ncc(-c3ccc(/C=C/C(=O)NO)c(O)c3)c(-c3ccc(C#N)c(F)c3)c2C#N)CC1.Cl. The van der Waals surface area contributed by atoms with Crippen molar-refractivity contribution in [3.63, 3.8) is 0 Å². The van der Waals surface area contributed by atoms with Crippen LogP contribution in [0.1, 0.15) is 36.5 Å². The number of nitrogens with two attached hydrogens (primary N) is 1. The van der Waals surface area contributed by atoms with E-state index in [1.165, 1.54) is 29.8 Å². The number of carbonyl (C=O) groups excluding carboxylic acids is 1. The molecule has 200 valence electrons. The van der Waals surface area contributed by atoms with Crippen LogP contribution in [0.4, 0.5) is 10.2 Å². The van der Waals surface area contributed by atoms with Crippen LogP contribution in [0.2, 0.25) is 0 Å². The molecule has 4 rings (SSSR count). The van der Waals surface area contributed by atoms with Crippen LogP contribution in [0.15, 0.2) is 48.7 Å². The number of nitrogens with zero attached hydrogens (tertiary/aromatic N) is 4. The molecule has 11 heteroatoms. The summed E-state index contributed by atoms with van der Waals surface area (Å²) in [6.45, 7) is 3.18. The lowest BCUT2D eigenvalue weighted by Gasteiger charge is -2.38. The number of hydroxylamine groups is 1. The first-order valence-electron chi connectivity index (χ1n) is 11.8. The number of hydrogen-bond donors (Lipinski definition) is 4. The van der Waals surface area contributed by atoms with Crippen LogP contribution in [0.3, 0.4) is 0 Å². The Morgan fingerprint density at radius 2 is 1.87 bits per heavy atom. The van der Waals surface area contributed by atoms with Crippen molar-refractivity contribution in [2.75, 3.05) is 18.0 Å². The molecule has 0 bridgehead atoms. The Kier molecular flexibility index (Phi) is 8.89. The van der Waals surface area contributed by atoms with E-state index in [0.717, 1.165) is 6.08 Å². The van der Waals surface area contributed by atoms with E-state index in [0.29, 0.717) is 59.6 Å². The molecule has 0 radical (unpaired) electrons. The van der Waals surface area contributed by atoms with Gasteiger partial charge in [-0.25, -0.2) is 14.9 Å². The maximum absolute atomic E-state index is 14.7. The Balaban J connectivity index is 0.00000420. The number of pyridine rings is 1. The number of hydrogen-bond acceptors (Lipinski definition) is 8. The fourth-order valence-electron chi connectivity index (χ4n) is 4.41. The molecule has 1 saturated heterocycles. The normalized spacial score (nSPS) is 14.3. The van der Waals surface area contributed by atoms with Gasteiger partial charge in [0.15, 0.2) is 0 Å². The number of aromatic nitrogens is 1. The Morgan fingerprint density at radius 3 is 2.46 bits per heavy atom. The number of nitriles is 2. The zero-order valence-electron chi connectivity index (χ0n) is 21.0. The van der Waals surface area contributed by atoms with Crippen molar-refractivity contribution in [1.82, 2.24) is 10.5 Å². The lowest BCUT2D eigenvalue weighted by Crippen LogP contribution is -2.48. The number of piperidine rings is 1. The predicted octanol–water partition coefficient (Wildman–Crippen LogP) is 4.26. The van der Waals surface area contributed by atoms with Gasteiger partial charge in [0.25, 0.3) is 5.91 Å². The second-order valence-electron chi connectivity index (χ2n) is 9.39. The smallest absolute Gasteiger partial charge is 0.267 e. The molecule has 0 unspecified atom stereocenters. The van der Waals surface area contributed by atoms with Crippen LogP contribution < -0.4 is 16.1 Å². The fourth-order valence-corrected chi connectivity index (χ4v) is 4.41. The molecular weight excluding hydrogens is 523 g/mol. The summed E-state index contributed by atoms with van der Waals surface area (Å²) in [6, 6.07) is 12.8. The molecule has 0 spiro atoms. The molecule has 5 N–H and O–H groups in total. The van der Waals surface area contributed by atoms with Gasteiger partial charge < -0.3 is 15.7 Å². The molecule has 0 aliphatic carbocycles. The fraction of sp³-hybridized carbons (Fsp3) is 0.214. The molecule has 1 aromatic heterocycles. The van der Waals surface area contributed by atoms with Crippen molar-refractivity contribution in [1.29, 1.82) is 10.5 Å². The Labute approximate surface area is 231 Å². The van der Waals surface area contributed by atoms with Gasteiger partial charge in [-0.2, -0.15) is 10.5 Å². The maximum atomic E-state index is 14.7. The van der Waals surface area contributed by atoms with Crippen molar-refractivity contribution in [2.45, 2.75) is 25.3 Å². The van der Waals surface area contributed by atoms with Gasteiger partial charge in [0.05, 0.1) is 5.56 Å². The number of phenols is 1. The summed E-state index contributed by atoms with van der Waals surface area (Å²) in [4.78, 5) is 17.9. The summed E-state index contributed by atoms with van der Waals surface area (Å²) in [6.07, 6.45) is 5.36. The largest absolute Gasteiger partial charge is 0.507 e. The molecule has 1 aliphatic heterocycles. The van der Waals surface area contributed by atoms with E-state index >= 15 is 0 Å². The van der Waals surface area contributed by atoms with Gasteiger partial charge in [0.1, 0.15) is 35.1 Å². The van der Waals surface area contributed by atoms with Crippen molar-refractivity contribution >= 4 is 30.2 Å². The van der Waals surface area contributed by atoms with E-state index in [1.54, 1.807) is 30.5 Å². The van der Waals surface area contributed by atoms with Crippen LogP contribution in [0.5, 0.6) is 5.75 Å². The van der Waals surface area contributed by atoms with E-state index in [9.17, 15) is 24.8 Å². The lowest BCUT2D eigenvalue weighted by molar-refractivity contribution is -0.124. The van der Waals surface area contributed by atoms with E-state index in [2.05, 4.69) is 11.1 Å². The number of carbonyl (C=O) groups is 1. The third-order valence-corrected chi connectivity index (χ3v) is 6.62. The van der Waals surface area contributed by atoms with Crippen LogP contribution in [-0.2, 0) is 4.79 Å². The lowest BCUT2D eigenvalue weighted by atomic mass is 9.89. The van der Waals surface area contributed by atoms with Gasteiger partial charge in [-0.3, -0.25) is 10.0 Å². The quantitative estimate of drug-likeness (QED) is 0.209. The second kappa shape index (κ2) is 11.9. The summed E-state index contributed by atoms with van der Waals surface area (Å²) in [5.74, 6) is -1.20. The molecule has 2 heterocycles. The van der Waals surface area contributed by atoms with Gasteiger partial charge >= 0.3 is 0 Å². The number of aromatic hydroxyl groups is 1. The molecule has 2 aromatic carbocycles. The Morgan fingerprint density at radius 1 is 1.18 bits per heavy atom. The van der Waals surface area contributed by atoms with Gasteiger partial charge in [0.2, 0.25) is 0 Å². The highest BCUT2D eigenvalue weighted by Crippen LogP contribution is 2.40. The predicted molar refractivity (Wildman–Crippen MR) is 146 cm³/mol. The minimum atomic E-state index is -0.760. The van der Waals surface area contributed by atoms with Crippen LogP contribution in [0, 0.1) is 28.5 Å². The van der Waals surface area contributed by atoms with E-state index in [4.69, 9.17) is 10.9 Å². The number of benzene rings is 2. The average Bonchev–Trinajstić information content (AvgIpc) is 2.91. The first kappa shape index (κ1) is 29.1. The van der Waals surface area contributed by atoms with Crippen molar-refractivity contribution in [2.24, 2.45) is 5.73 Å². The highest BCUT2D eigenvalue weighted by Gasteiger charge is 2.29. The van der Waals surface area contributed by atoms with E-state index in [-0.39, 0.29) is 34.8 Å². The minimum absolute atomic E-state index is 0. The maximum Gasteiger partial charge on any atom is 0.267 e. The van der Waals surface area contributed by atoms with Crippen molar-refractivity contribution in [3.8, 4) is 40.1 Å². The van der Waals surface area contributed by atoms with Crippen molar-refractivity contribution in [3.05, 3.63) is 71.2 Å². The summed E-state index contributed by atoms with van der Waals surface area (Å²) in [7, 11) is 0. The molecule has 1 fully saturated rings. The highest BCUT2D eigenvalue weighted by molar-refractivity contribution is 5.93. The topological polar surface area (TPSA) is 159 Å².